The molecule has 210 valence electrons. The van der Waals surface area contributed by atoms with Crippen LogP contribution in [0.1, 0.15) is 5.56 Å². The molecule has 0 aliphatic heterocycles. The third kappa shape index (κ3) is 5.20. The average molecular weight is 604 g/mol. The molecule has 5 aromatic carbocycles. The van der Waals surface area contributed by atoms with Crippen molar-refractivity contribution in [1.82, 2.24) is 0 Å². The molecule has 2 aromatic heterocycles. The van der Waals surface area contributed by atoms with Gasteiger partial charge in [-0.25, -0.2) is 0 Å². The first-order chi connectivity index (χ1) is 20.4. The van der Waals surface area contributed by atoms with Gasteiger partial charge < -0.3 is 16.8 Å². The second kappa shape index (κ2) is 10.6. The van der Waals surface area contributed by atoms with Crippen LogP contribution in [0.4, 0.5) is 24.5 Å². The van der Waals surface area contributed by atoms with Crippen LogP contribution < -0.4 is 10.2 Å². The summed E-state index contributed by atoms with van der Waals surface area (Å²) in [5, 5.41) is 9.41. The summed E-state index contributed by atoms with van der Waals surface area (Å²) in [6, 6.07) is 33.3. The number of fused-ring (bicyclic) bond motifs is 6. The van der Waals surface area contributed by atoms with Crippen molar-refractivity contribution in [1.29, 1.82) is 0 Å². The first-order valence-corrected chi connectivity index (χ1v) is 15.2. The van der Waals surface area contributed by atoms with E-state index in [0.717, 1.165) is 33.7 Å². The van der Waals surface area contributed by atoms with E-state index in [9.17, 15) is 13.2 Å². The van der Waals surface area contributed by atoms with E-state index in [1.807, 2.05) is 72.8 Å². The van der Waals surface area contributed by atoms with E-state index in [-0.39, 0.29) is 11.4 Å². The number of benzene rings is 5. The molecule has 42 heavy (non-hydrogen) atoms. The summed E-state index contributed by atoms with van der Waals surface area (Å²) in [5.74, 6) is 0. The SMILES string of the molecule is FC(F)(F)c1cc(Np2oc3ccccc3c3ccccc3o2)cc(Np2oc3ccccc3c3ccccc3o2)c1. The van der Waals surface area contributed by atoms with Gasteiger partial charge in [0.1, 0.15) is 22.3 Å². The van der Waals surface area contributed by atoms with Gasteiger partial charge in [0.2, 0.25) is 0 Å². The molecule has 2 heterocycles. The van der Waals surface area contributed by atoms with Gasteiger partial charge in [0.05, 0.1) is 5.56 Å². The zero-order chi connectivity index (χ0) is 28.7. The molecule has 0 saturated heterocycles. The molecular formula is C31H21F3N2O4P2. The molecule has 0 bridgehead atoms. The summed E-state index contributed by atoms with van der Waals surface area (Å²) in [5.41, 5.74) is 1.70. The predicted octanol–water partition coefficient (Wildman–Crippen LogP) is 11.7. The van der Waals surface area contributed by atoms with Gasteiger partial charge in [-0.15, -0.1) is 0 Å². The lowest BCUT2D eigenvalue weighted by Gasteiger charge is -2.13. The largest absolute Gasteiger partial charge is 0.416 e. The fraction of sp³-hybridized carbons (Fsp3) is 0.0323. The molecular weight excluding hydrogens is 583 g/mol. The highest BCUT2D eigenvalue weighted by molar-refractivity contribution is 7.39. The number of hydrogen-bond acceptors (Lipinski definition) is 6. The second-order valence-electron chi connectivity index (χ2n) is 9.38. The molecule has 0 unspecified atom stereocenters. The smallest absolute Gasteiger partial charge is 0.404 e. The van der Waals surface area contributed by atoms with Crippen molar-refractivity contribution in [3.8, 4) is 0 Å². The molecule has 0 aliphatic carbocycles. The molecule has 11 heteroatoms. The minimum absolute atomic E-state index is 0.154. The van der Waals surface area contributed by atoms with E-state index < -0.39 is 28.1 Å². The molecule has 0 radical (unpaired) electrons. The topological polar surface area (TPSA) is 76.6 Å². The maximum Gasteiger partial charge on any atom is 0.416 e. The first kappa shape index (κ1) is 26.2. The standard InChI is InChI=1S/C31H21F3N2O4P2/c32-31(33,34)20-17-21(35-41-37-27-13-5-1-9-23(27)24-10-2-6-14-28(24)38-41)19-22(18-20)36-42-39-29-15-7-3-11-25(29)26-12-4-8-16-30(26)40-42/h1-19,35-36H. The lowest BCUT2D eigenvalue weighted by molar-refractivity contribution is -0.137. The maximum absolute atomic E-state index is 14.1. The van der Waals surface area contributed by atoms with Gasteiger partial charge in [-0.1, -0.05) is 72.8 Å². The molecule has 7 rings (SSSR count). The number of rotatable bonds is 4. The van der Waals surface area contributed by atoms with Gasteiger partial charge in [-0.3, -0.25) is 10.2 Å². The Morgan fingerprint density at radius 3 is 1.07 bits per heavy atom. The number of hydrogen-bond donors (Lipinski definition) is 2. The van der Waals surface area contributed by atoms with Crippen LogP contribution in [-0.2, 0) is 6.18 Å². The van der Waals surface area contributed by atoms with Crippen LogP contribution in [0.2, 0.25) is 0 Å². The van der Waals surface area contributed by atoms with Crippen LogP contribution in [0.3, 0.4) is 0 Å². The quantitative estimate of drug-likeness (QED) is 0.208. The minimum Gasteiger partial charge on any atom is -0.404 e. The maximum atomic E-state index is 14.1. The minimum atomic E-state index is -4.61. The highest BCUT2D eigenvalue weighted by atomic mass is 31.1. The Kier molecular flexibility index (Phi) is 6.62. The summed E-state index contributed by atoms with van der Waals surface area (Å²) in [6.07, 6.45) is -4.61. The average Bonchev–Trinajstić information content (AvgIpc) is 3.24. The molecule has 0 fully saturated rings. The van der Waals surface area contributed by atoms with Gasteiger partial charge in [0, 0.05) is 32.9 Å². The second-order valence-corrected chi connectivity index (χ2v) is 11.6. The molecule has 2 N–H and O–H groups in total. The fourth-order valence-corrected chi connectivity index (χ4v) is 6.98. The Morgan fingerprint density at radius 1 is 0.452 bits per heavy atom. The van der Waals surface area contributed by atoms with Crippen LogP contribution in [0, 0.1) is 0 Å². The van der Waals surface area contributed by atoms with E-state index >= 15 is 0 Å². The summed E-state index contributed by atoms with van der Waals surface area (Å²) < 4.78 is 66.7. The third-order valence-electron chi connectivity index (χ3n) is 6.55. The molecule has 0 amide bonds. The highest BCUT2D eigenvalue weighted by Crippen LogP contribution is 2.41. The number of alkyl halides is 3. The summed E-state index contributed by atoms with van der Waals surface area (Å²) in [4.78, 5) is 0. The summed E-state index contributed by atoms with van der Waals surface area (Å²) >= 11 is 0. The number of nitrogens with one attached hydrogen (secondary N) is 2. The monoisotopic (exact) mass is 604 g/mol. The zero-order valence-corrected chi connectivity index (χ0v) is 23.4. The van der Waals surface area contributed by atoms with Crippen LogP contribution in [0.5, 0.6) is 0 Å². The summed E-state index contributed by atoms with van der Waals surface area (Å²) in [7, 11) is -3.81. The Hall–Kier alpha value is -4.71. The van der Waals surface area contributed by atoms with Crippen LogP contribution >= 0.6 is 16.3 Å². The Morgan fingerprint density at radius 2 is 0.762 bits per heavy atom. The Labute approximate surface area is 238 Å². The van der Waals surface area contributed by atoms with Gasteiger partial charge in [0.25, 0.3) is 0 Å². The molecule has 7 aromatic rings. The first-order valence-electron chi connectivity index (χ1n) is 12.9. The van der Waals surface area contributed by atoms with E-state index in [4.69, 9.17) is 16.8 Å². The van der Waals surface area contributed by atoms with Crippen molar-refractivity contribution in [3.63, 3.8) is 0 Å². The van der Waals surface area contributed by atoms with E-state index in [1.54, 1.807) is 30.3 Å². The van der Waals surface area contributed by atoms with Crippen LogP contribution in [-0.4, -0.2) is 0 Å². The van der Waals surface area contributed by atoms with E-state index in [2.05, 4.69) is 10.2 Å². The van der Waals surface area contributed by atoms with Gasteiger partial charge in [-0.05, 0) is 42.5 Å². The molecule has 0 spiro atoms. The van der Waals surface area contributed by atoms with Gasteiger partial charge >= 0.3 is 22.5 Å². The molecule has 0 saturated carbocycles. The van der Waals surface area contributed by atoms with Crippen molar-refractivity contribution in [2.24, 2.45) is 0 Å². The van der Waals surface area contributed by atoms with Crippen molar-refractivity contribution >= 4 is 71.6 Å². The van der Waals surface area contributed by atoms with Crippen molar-refractivity contribution < 1.29 is 30.0 Å². The normalized spacial score (nSPS) is 11.7. The lowest BCUT2D eigenvalue weighted by Crippen LogP contribution is -2.06. The zero-order valence-electron chi connectivity index (χ0n) is 21.6. The number of anilines is 2. The Balaban J connectivity index is 1.35. The van der Waals surface area contributed by atoms with Gasteiger partial charge in [-0.2, -0.15) is 13.2 Å². The Bertz CT molecular complexity index is 1920. The van der Waals surface area contributed by atoms with E-state index in [0.29, 0.717) is 22.3 Å². The van der Waals surface area contributed by atoms with Crippen molar-refractivity contribution in [2.45, 2.75) is 6.18 Å². The molecule has 0 aliphatic rings. The van der Waals surface area contributed by atoms with Crippen molar-refractivity contribution in [3.05, 3.63) is 121 Å². The fourth-order valence-electron chi connectivity index (χ4n) is 4.69. The van der Waals surface area contributed by atoms with Crippen LogP contribution in [0.15, 0.2) is 132 Å². The number of para-hydroxylation sites is 4. The number of halogens is 3. The van der Waals surface area contributed by atoms with Crippen molar-refractivity contribution in [2.75, 3.05) is 10.2 Å². The lowest BCUT2D eigenvalue weighted by atomic mass is 10.1. The highest BCUT2D eigenvalue weighted by Gasteiger charge is 2.31. The summed E-state index contributed by atoms with van der Waals surface area (Å²) in [6.45, 7) is 0. The van der Waals surface area contributed by atoms with E-state index in [1.165, 1.54) is 0 Å². The van der Waals surface area contributed by atoms with Crippen LogP contribution in [0.25, 0.3) is 43.9 Å². The third-order valence-corrected chi connectivity index (χ3v) is 8.89. The predicted molar refractivity (Wildman–Crippen MR) is 162 cm³/mol. The van der Waals surface area contributed by atoms with Gasteiger partial charge in [0.15, 0.2) is 0 Å². The molecule has 0 atom stereocenters. The molecule has 6 nitrogen and oxygen atoms in total.